The number of hydrogen-bond donors (Lipinski definition) is 1. The summed E-state index contributed by atoms with van der Waals surface area (Å²) < 4.78 is 0. The molecule has 20 heavy (non-hydrogen) atoms. The fraction of sp³-hybridized carbons (Fsp3) is 0.333. The Balaban J connectivity index is 1.79. The molecule has 1 aliphatic rings. The molecule has 0 aromatic heterocycles. The number of aryl methyl sites for hydroxylation is 1. The number of rotatable bonds is 3. The molecule has 2 aromatic carbocycles. The first-order chi connectivity index (χ1) is 9.74. The second-order valence-electron chi connectivity index (χ2n) is 5.59. The maximum absolute atomic E-state index is 6.08. The first-order valence-electron chi connectivity index (χ1n) is 7.33. The third kappa shape index (κ3) is 2.89. The Hall–Kier alpha value is -1.31. The molecule has 0 fully saturated rings. The average Bonchev–Trinajstić information content (AvgIpc) is 2.47. The summed E-state index contributed by atoms with van der Waals surface area (Å²) >= 11 is 6.08. The molecule has 0 saturated carbocycles. The van der Waals surface area contributed by atoms with Crippen molar-refractivity contribution in [3.05, 3.63) is 70.2 Å². The molecular weight excluding hydrogens is 266 g/mol. The van der Waals surface area contributed by atoms with Crippen LogP contribution in [0.3, 0.4) is 0 Å². The molecule has 2 heteroatoms. The zero-order valence-corrected chi connectivity index (χ0v) is 12.5. The van der Waals surface area contributed by atoms with Gasteiger partial charge in [0.05, 0.1) is 0 Å². The molecule has 0 spiro atoms. The minimum Gasteiger partial charge on any atom is -0.303 e. The molecule has 0 amide bonds. The summed E-state index contributed by atoms with van der Waals surface area (Å²) in [7, 11) is 0. The van der Waals surface area contributed by atoms with Crippen LogP contribution in [0.25, 0.3) is 0 Å². The van der Waals surface area contributed by atoms with Crippen LogP contribution in [0.15, 0.2) is 48.5 Å². The van der Waals surface area contributed by atoms with Gasteiger partial charge in [0.1, 0.15) is 0 Å². The van der Waals surface area contributed by atoms with Crippen molar-refractivity contribution in [2.45, 2.75) is 38.3 Å². The zero-order chi connectivity index (χ0) is 13.9. The summed E-state index contributed by atoms with van der Waals surface area (Å²) in [6.07, 6.45) is 3.68. The summed E-state index contributed by atoms with van der Waals surface area (Å²) in [5.41, 5.74) is 4.21. The van der Waals surface area contributed by atoms with E-state index >= 15 is 0 Å². The Morgan fingerprint density at radius 3 is 2.85 bits per heavy atom. The summed E-state index contributed by atoms with van der Waals surface area (Å²) in [6.45, 7) is 2.21. The molecule has 0 bridgehead atoms. The second kappa shape index (κ2) is 5.99. The van der Waals surface area contributed by atoms with Gasteiger partial charge in [-0.1, -0.05) is 48.0 Å². The van der Waals surface area contributed by atoms with Gasteiger partial charge < -0.3 is 5.32 Å². The standard InChI is InChI=1S/C18H20ClN/c1-13(15-8-4-9-16(19)12-15)20-18-11-5-7-14-6-2-3-10-17(14)18/h2-4,6,8-10,12-13,18,20H,5,7,11H2,1H3/t13-,18?/m0/s1. The lowest BCUT2D eigenvalue weighted by Gasteiger charge is -2.29. The van der Waals surface area contributed by atoms with Crippen LogP contribution in [0.2, 0.25) is 5.02 Å². The number of nitrogens with one attached hydrogen (secondary N) is 1. The lowest BCUT2D eigenvalue weighted by molar-refractivity contribution is 0.415. The highest BCUT2D eigenvalue weighted by molar-refractivity contribution is 6.30. The Kier molecular flexibility index (Phi) is 4.09. The van der Waals surface area contributed by atoms with E-state index in [9.17, 15) is 0 Å². The zero-order valence-electron chi connectivity index (χ0n) is 11.8. The lowest BCUT2D eigenvalue weighted by Crippen LogP contribution is -2.27. The van der Waals surface area contributed by atoms with Crippen molar-refractivity contribution in [2.75, 3.05) is 0 Å². The van der Waals surface area contributed by atoms with Gasteiger partial charge in [-0.25, -0.2) is 0 Å². The highest BCUT2D eigenvalue weighted by Crippen LogP contribution is 2.31. The van der Waals surface area contributed by atoms with E-state index in [4.69, 9.17) is 11.6 Å². The number of benzene rings is 2. The molecule has 0 saturated heterocycles. The fourth-order valence-corrected chi connectivity index (χ4v) is 3.30. The average molecular weight is 286 g/mol. The Morgan fingerprint density at radius 1 is 1.15 bits per heavy atom. The van der Waals surface area contributed by atoms with Gasteiger partial charge in [-0.15, -0.1) is 0 Å². The minimum absolute atomic E-state index is 0.310. The highest BCUT2D eigenvalue weighted by Gasteiger charge is 2.21. The van der Waals surface area contributed by atoms with Crippen LogP contribution in [0.4, 0.5) is 0 Å². The quantitative estimate of drug-likeness (QED) is 0.830. The van der Waals surface area contributed by atoms with Crippen LogP contribution < -0.4 is 5.32 Å². The monoisotopic (exact) mass is 285 g/mol. The van der Waals surface area contributed by atoms with E-state index in [1.165, 1.54) is 36.0 Å². The molecule has 1 aliphatic carbocycles. The van der Waals surface area contributed by atoms with E-state index in [2.05, 4.69) is 42.6 Å². The van der Waals surface area contributed by atoms with Gasteiger partial charge in [0.25, 0.3) is 0 Å². The lowest BCUT2D eigenvalue weighted by atomic mass is 9.87. The van der Waals surface area contributed by atoms with Crippen LogP contribution in [0, 0.1) is 0 Å². The predicted octanol–water partition coefficient (Wildman–Crippen LogP) is 5.07. The smallest absolute Gasteiger partial charge is 0.0409 e. The van der Waals surface area contributed by atoms with Gasteiger partial charge in [0.2, 0.25) is 0 Å². The first-order valence-corrected chi connectivity index (χ1v) is 7.71. The summed E-state index contributed by atoms with van der Waals surface area (Å²) in [5, 5.41) is 4.57. The predicted molar refractivity (Wildman–Crippen MR) is 85.1 cm³/mol. The fourth-order valence-electron chi connectivity index (χ4n) is 3.10. The minimum atomic E-state index is 0.310. The van der Waals surface area contributed by atoms with Crippen LogP contribution in [-0.2, 0) is 6.42 Å². The van der Waals surface area contributed by atoms with Crippen molar-refractivity contribution >= 4 is 11.6 Å². The number of halogens is 1. The van der Waals surface area contributed by atoms with Crippen molar-refractivity contribution in [2.24, 2.45) is 0 Å². The molecule has 2 atom stereocenters. The van der Waals surface area contributed by atoms with E-state index in [1.54, 1.807) is 0 Å². The maximum atomic E-state index is 6.08. The van der Waals surface area contributed by atoms with E-state index in [0.717, 1.165) is 5.02 Å². The Labute approximate surface area is 126 Å². The molecular formula is C18H20ClN. The summed E-state index contributed by atoms with van der Waals surface area (Å²) in [6, 6.07) is 17.7. The topological polar surface area (TPSA) is 12.0 Å². The van der Waals surface area contributed by atoms with Crippen molar-refractivity contribution in [3.8, 4) is 0 Å². The van der Waals surface area contributed by atoms with E-state index < -0.39 is 0 Å². The first kappa shape index (κ1) is 13.7. The van der Waals surface area contributed by atoms with Gasteiger partial charge in [0, 0.05) is 17.1 Å². The molecule has 1 N–H and O–H groups in total. The molecule has 104 valence electrons. The molecule has 0 radical (unpaired) electrons. The maximum Gasteiger partial charge on any atom is 0.0409 e. The SMILES string of the molecule is C[C@H](NC1CCCc2ccccc21)c1cccc(Cl)c1. The van der Waals surface area contributed by atoms with Gasteiger partial charge in [0.15, 0.2) is 0 Å². The largest absolute Gasteiger partial charge is 0.303 e. The Bertz CT molecular complexity index is 593. The molecule has 2 aromatic rings. The molecule has 3 rings (SSSR count). The van der Waals surface area contributed by atoms with Gasteiger partial charge >= 0.3 is 0 Å². The summed E-state index contributed by atoms with van der Waals surface area (Å²) in [4.78, 5) is 0. The van der Waals surface area contributed by atoms with Crippen LogP contribution in [0.1, 0.15) is 48.5 Å². The summed E-state index contributed by atoms with van der Waals surface area (Å²) in [5.74, 6) is 0. The molecule has 1 unspecified atom stereocenters. The molecule has 0 aliphatic heterocycles. The van der Waals surface area contributed by atoms with Gasteiger partial charge in [-0.05, 0) is 55.0 Å². The third-order valence-corrected chi connectivity index (χ3v) is 4.40. The molecule has 0 heterocycles. The van der Waals surface area contributed by atoms with Crippen molar-refractivity contribution < 1.29 is 0 Å². The Morgan fingerprint density at radius 2 is 2.00 bits per heavy atom. The van der Waals surface area contributed by atoms with Crippen LogP contribution >= 0.6 is 11.6 Å². The van der Waals surface area contributed by atoms with Crippen molar-refractivity contribution in [1.29, 1.82) is 0 Å². The second-order valence-corrected chi connectivity index (χ2v) is 6.02. The van der Waals surface area contributed by atoms with Gasteiger partial charge in [-0.2, -0.15) is 0 Å². The van der Waals surface area contributed by atoms with E-state index in [0.29, 0.717) is 12.1 Å². The van der Waals surface area contributed by atoms with E-state index in [1.807, 2.05) is 18.2 Å². The van der Waals surface area contributed by atoms with E-state index in [-0.39, 0.29) is 0 Å². The number of hydrogen-bond acceptors (Lipinski definition) is 1. The van der Waals surface area contributed by atoms with Crippen LogP contribution in [-0.4, -0.2) is 0 Å². The normalized spacial score (nSPS) is 19.4. The van der Waals surface area contributed by atoms with Crippen molar-refractivity contribution in [3.63, 3.8) is 0 Å². The van der Waals surface area contributed by atoms with Crippen molar-refractivity contribution in [1.82, 2.24) is 5.32 Å². The molecule has 1 nitrogen and oxygen atoms in total. The highest BCUT2D eigenvalue weighted by atomic mass is 35.5. The van der Waals surface area contributed by atoms with Crippen LogP contribution in [0.5, 0.6) is 0 Å². The number of fused-ring (bicyclic) bond motifs is 1. The third-order valence-electron chi connectivity index (χ3n) is 4.17. The van der Waals surface area contributed by atoms with Gasteiger partial charge in [-0.3, -0.25) is 0 Å².